The fraction of sp³-hybridized carbons (Fsp3) is 0.500. The Balaban J connectivity index is 1.75. The highest BCUT2D eigenvalue weighted by Crippen LogP contribution is 2.19. The number of carbonyl (C=O) groups is 3. The number of rotatable bonds is 5. The van der Waals surface area contributed by atoms with Crippen LogP contribution in [0.4, 0.5) is 0 Å². The van der Waals surface area contributed by atoms with Crippen molar-refractivity contribution < 1.29 is 27.5 Å². The van der Waals surface area contributed by atoms with Crippen molar-refractivity contribution in [2.24, 2.45) is 12.0 Å². The fourth-order valence-corrected chi connectivity index (χ4v) is 5.64. The van der Waals surface area contributed by atoms with E-state index in [-0.39, 0.29) is 0 Å². The van der Waals surface area contributed by atoms with E-state index < -0.39 is 39.1 Å². The van der Waals surface area contributed by atoms with Crippen molar-refractivity contribution in [1.29, 1.82) is 0 Å². The van der Waals surface area contributed by atoms with E-state index in [4.69, 9.17) is 4.74 Å². The van der Waals surface area contributed by atoms with Crippen molar-refractivity contribution >= 4 is 49.2 Å². The maximum Gasteiger partial charge on any atom is 0.337 e. The van der Waals surface area contributed by atoms with Gasteiger partial charge in [-0.05, 0) is 31.0 Å². The second-order valence-corrected chi connectivity index (χ2v) is 10.5. The SMILES string of the molecule is COC(=O)c1ccc2c(c1)sc(=NC(=O)CS(=O)(=O)CC(=O)N1CCCCCC1)n2C. The zero-order valence-corrected chi connectivity index (χ0v) is 19.1. The second kappa shape index (κ2) is 9.73. The number of amides is 2. The van der Waals surface area contributed by atoms with Crippen molar-refractivity contribution in [1.82, 2.24) is 9.47 Å². The average molecular weight is 468 g/mol. The van der Waals surface area contributed by atoms with Crippen LogP contribution in [0.2, 0.25) is 0 Å². The van der Waals surface area contributed by atoms with Crippen molar-refractivity contribution in [3.63, 3.8) is 0 Å². The molecule has 2 amide bonds. The number of nitrogens with zero attached hydrogens (tertiary/aromatic N) is 3. The lowest BCUT2D eigenvalue weighted by atomic mass is 10.2. The largest absolute Gasteiger partial charge is 0.465 e. The summed E-state index contributed by atoms with van der Waals surface area (Å²) >= 11 is 1.16. The van der Waals surface area contributed by atoms with E-state index in [1.165, 1.54) is 7.11 Å². The van der Waals surface area contributed by atoms with Gasteiger partial charge in [-0.1, -0.05) is 24.2 Å². The molecule has 0 N–H and O–H groups in total. The highest BCUT2D eigenvalue weighted by molar-refractivity contribution is 7.92. The molecule has 0 aliphatic carbocycles. The summed E-state index contributed by atoms with van der Waals surface area (Å²) in [5.41, 5.74) is 1.10. The van der Waals surface area contributed by atoms with Crippen molar-refractivity contribution in [3.8, 4) is 0 Å². The molecule has 0 atom stereocenters. The van der Waals surface area contributed by atoms with E-state index in [1.54, 1.807) is 34.7 Å². The average Bonchev–Trinajstić information content (AvgIpc) is 2.89. The molecule has 1 aliphatic rings. The predicted molar refractivity (Wildman–Crippen MR) is 116 cm³/mol. The van der Waals surface area contributed by atoms with Gasteiger partial charge in [0.2, 0.25) is 5.91 Å². The predicted octanol–water partition coefficient (Wildman–Crippen LogP) is 1.27. The minimum Gasteiger partial charge on any atom is -0.465 e. The third-order valence-corrected chi connectivity index (χ3v) is 7.56. The molecule has 3 rings (SSSR count). The summed E-state index contributed by atoms with van der Waals surface area (Å²) in [7, 11) is -0.941. The lowest BCUT2D eigenvalue weighted by Gasteiger charge is -2.19. The molecule has 1 aliphatic heterocycles. The summed E-state index contributed by atoms with van der Waals surface area (Å²) < 4.78 is 31.9. The molecular weight excluding hydrogens is 442 g/mol. The van der Waals surface area contributed by atoms with Gasteiger partial charge in [0, 0.05) is 20.1 Å². The molecule has 31 heavy (non-hydrogen) atoms. The van der Waals surface area contributed by atoms with Crippen LogP contribution in [0, 0.1) is 0 Å². The van der Waals surface area contributed by atoms with Crippen LogP contribution in [-0.2, 0) is 31.2 Å². The van der Waals surface area contributed by atoms with E-state index in [0.29, 0.717) is 28.2 Å². The van der Waals surface area contributed by atoms with Crippen LogP contribution in [0.1, 0.15) is 36.0 Å². The van der Waals surface area contributed by atoms with Crippen molar-refractivity contribution in [2.75, 3.05) is 31.7 Å². The molecule has 2 aromatic rings. The highest BCUT2D eigenvalue weighted by atomic mass is 32.2. The van der Waals surface area contributed by atoms with Gasteiger partial charge < -0.3 is 14.2 Å². The number of aryl methyl sites for hydroxylation is 1. The summed E-state index contributed by atoms with van der Waals surface area (Å²) in [4.78, 5) is 42.2. The van der Waals surface area contributed by atoms with Gasteiger partial charge >= 0.3 is 5.97 Å². The molecule has 1 saturated heterocycles. The lowest BCUT2D eigenvalue weighted by molar-refractivity contribution is -0.128. The van der Waals surface area contributed by atoms with E-state index in [1.807, 2.05) is 0 Å². The number of fused-ring (bicyclic) bond motifs is 1. The van der Waals surface area contributed by atoms with Crippen LogP contribution in [0.15, 0.2) is 23.2 Å². The number of methoxy groups -OCH3 is 1. The molecule has 2 heterocycles. The number of likely N-dealkylation sites (tertiary alicyclic amines) is 1. The Morgan fingerprint density at radius 3 is 2.42 bits per heavy atom. The van der Waals surface area contributed by atoms with E-state index >= 15 is 0 Å². The first kappa shape index (κ1) is 23.1. The molecule has 9 nitrogen and oxygen atoms in total. The lowest BCUT2D eigenvalue weighted by Crippen LogP contribution is -2.37. The van der Waals surface area contributed by atoms with Crippen LogP contribution >= 0.6 is 11.3 Å². The number of sulfone groups is 1. The van der Waals surface area contributed by atoms with Crippen LogP contribution in [0.5, 0.6) is 0 Å². The molecular formula is C20H25N3O6S2. The third kappa shape index (κ3) is 5.79. The van der Waals surface area contributed by atoms with Gasteiger partial charge in [-0.15, -0.1) is 0 Å². The zero-order chi connectivity index (χ0) is 22.6. The fourth-order valence-electron chi connectivity index (χ4n) is 3.46. The Kier molecular flexibility index (Phi) is 7.26. The summed E-state index contributed by atoms with van der Waals surface area (Å²) in [6.07, 6.45) is 3.78. The van der Waals surface area contributed by atoms with Crippen LogP contribution < -0.4 is 4.80 Å². The first-order valence-electron chi connectivity index (χ1n) is 9.94. The monoisotopic (exact) mass is 467 g/mol. The Hall–Kier alpha value is -2.53. The maximum absolute atomic E-state index is 12.4. The Labute approximate surface area is 184 Å². The Bertz CT molecular complexity index is 1170. The quantitative estimate of drug-likeness (QED) is 0.612. The molecule has 1 fully saturated rings. The number of hydrogen-bond acceptors (Lipinski definition) is 7. The number of esters is 1. The minimum absolute atomic E-state index is 0.302. The molecule has 168 valence electrons. The first-order valence-corrected chi connectivity index (χ1v) is 12.6. The normalized spacial score (nSPS) is 15.7. The molecule has 0 radical (unpaired) electrons. The molecule has 0 unspecified atom stereocenters. The standard InChI is InChI=1S/C20H25N3O6S2/c1-22-15-8-7-14(19(26)29-2)11-16(15)30-20(22)21-17(24)12-31(27,28)13-18(25)23-9-5-3-4-6-10-23/h7-8,11H,3-6,9-10,12-13H2,1-2H3. The second-order valence-electron chi connectivity index (χ2n) is 7.45. The van der Waals surface area contributed by atoms with Gasteiger partial charge in [0.05, 0.1) is 22.9 Å². The number of aromatic nitrogens is 1. The van der Waals surface area contributed by atoms with Gasteiger partial charge in [-0.3, -0.25) is 9.59 Å². The Morgan fingerprint density at radius 1 is 1.10 bits per heavy atom. The van der Waals surface area contributed by atoms with Gasteiger partial charge in [0.25, 0.3) is 5.91 Å². The number of ether oxygens (including phenoxy) is 1. The highest BCUT2D eigenvalue weighted by Gasteiger charge is 2.25. The van der Waals surface area contributed by atoms with Crippen LogP contribution in [-0.4, -0.2) is 67.4 Å². The smallest absolute Gasteiger partial charge is 0.337 e. The van der Waals surface area contributed by atoms with Crippen LogP contribution in [0.25, 0.3) is 10.2 Å². The topological polar surface area (TPSA) is 115 Å². The summed E-state index contributed by atoms with van der Waals surface area (Å²) in [6, 6.07) is 4.94. The van der Waals surface area contributed by atoms with Crippen molar-refractivity contribution in [3.05, 3.63) is 28.6 Å². The third-order valence-electron chi connectivity index (χ3n) is 5.10. The van der Waals surface area contributed by atoms with E-state index in [0.717, 1.165) is 42.5 Å². The van der Waals surface area contributed by atoms with Gasteiger partial charge in [-0.25, -0.2) is 13.2 Å². The number of thiazole rings is 1. The molecule has 0 bridgehead atoms. The molecule has 1 aromatic heterocycles. The first-order chi connectivity index (χ1) is 14.7. The molecule has 0 saturated carbocycles. The summed E-state index contributed by atoms with van der Waals surface area (Å²) in [5, 5.41) is 0. The molecule has 11 heteroatoms. The number of carbonyl (C=O) groups excluding carboxylic acids is 3. The summed E-state index contributed by atoms with van der Waals surface area (Å²) in [6.45, 7) is 1.11. The van der Waals surface area contributed by atoms with Gasteiger partial charge in [-0.2, -0.15) is 4.99 Å². The zero-order valence-electron chi connectivity index (χ0n) is 17.5. The molecule has 1 aromatic carbocycles. The van der Waals surface area contributed by atoms with Crippen molar-refractivity contribution in [2.45, 2.75) is 25.7 Å². The van der Waals surface area contributed by atoms with E-state index in [2.05, 4.69) is 4.99 Å². The molecule has 0 spiro atoms. The number of benzene rings is 1. The maximum atomic E-state index is 12.4. The van der Waals surface area contributed by atoms with Gasteiger partial charge in [0.15, 0.2) is 14.6 Å². The number of hydrogen-bond donors (Lipinski definition) is 0. The van der Waals surface area contributed by atoms with Gasteiger partial charge in [0.1, 0.15) is 11.5 Å². The minimum atomic E-state index is -3.93. The van der Waals surface area contributed by atoms with Crippen LogP contribution in [0.3, 0.4) is 0 Å². The summed E-state index contributed by atoms with van der Waals surface area (Å²) in [5.74, 6) is -3.28. The van der Waals surface area contributed by atoms with E-state index in [9.17, 15) is 22.8 Å². The Morgan fingerprint density at radius 2 is 1.77 bits per heavy atom.